The maximum Gasteiger partial charge on any atom is 0.252 e. The number of anilines is 3. The van der Waals surface area contributed by atoms with Crippen molar-refractivity contribution in [2.75, 3.05) is 23.3 Å². The van der Waals surface area contributed by atoms with E-state index in [0.717, 1.165) is 49.1 Å². The molecule has 31 heavy (non-hydrogen) atoms. The van der Waals surface area contributed by atoms with E-state index in [2.05, 4.69) is 46.4 Å². The molecule has 1 saturated heterocycles. The number of nitrogens with zero attached hydrogens (tertiary/aromatic N) is 4. The summed E-state index contributed by atoms with van der Waals surface area (Å²) < 4.78 is 1.90. The van der Waals surface area contributed by atoms with Crippen LogP contribution in [0.4, 0.5) is 17.3 Å². The second-order valence-electron chi connectivity index (χ2n) is 9.16. The van der Waals surface area contributed by atoms with Crippen LogP contribution in [-0.2, 0) is 0 Å². The predicted octanol–water partition coefficient (Wildman–Crippen LogP) is 5.28. The molecule has 2 aliphatic rings. The zero-order chi connectivity index (χ0) is 21.2. The topological polar surface area (TPSA) is 63.1 Å². The molecule has 0 bridgehead atoms. The second-order valence-corrected chi connectivity index (χ2v) is 9.16. The average molecular weight is 418 g/mol. The van der Waals surface area contributed by atoms with E-state index in [-0.39, 0.29) is 11.6 Å². The van der Waals surface area contributed by atoms with E-state index in [1.165, 1.54) is 31.4 Å². The molecular formula is C25H31N5O. The molecule has 0 radical (unpaired) electrons. The highest BCUT2D eigenvalue weighted by atomic mass is 16.1. The van der Waals surface area contributed by atoms with Crippen molar-refractivity contribution in [2.24, 2.45) is 5.92 Å². The summed E-state index contributed by atoms with van der Waals surface area (Å²) in [5.41, 5.74) is 2.98. The third-order valence-corrected chi connectivity index (χ3v) is 6.79. The Balaban J connectivity index is 1.41. The number of hydrogen-bond donors (Lipinski definition) is 1. The summed E-state index contributed by atoms with van der Waals surface area (Å²) in [7, 11) is 0. The van der Waals surface area contributed by atoms with Gasteiger partial charge in [-0.15, -0.1) is 0 Å². The lowest BCUT2D eigenvalue weighted by Gasteiger charge is -2.29. The molecule has 6 heteroatoms. The number of hydrogen-bond acceptors (Lipinski definition) is 5. The minimum atomic E-state index is 0.0298. The van der Waals surface area contributed by atoms with Gasteiger partial charge in [0.1, 0.15) is 5.65 Å². The van der Waals surface area contributed by atoms with Gasteiger partial charge in [0.2, 0.25) is 5.95 Å². The van der Waals surface area contributed by atoms with Crippen LogP contribution < -0.4 is 15.8 Å². The molecular weight excluding hydrogens is 386 g/mol. The Morgan fingerprint density at radius 2 is 1.77 bits per heavy atom. The molecule has 162 valence electrons. The smallest absolute Gasteiger partial charge is 0.252 e. The van der Waals surface area contributed by atoms with Crippen molar-refractivity contribution in [3.63, 3.8) is 0 Å². The number of rotatable bonds is 4. The molecule has 2 fully saturated rings. The molecule has 2 atom stereocenters. The van der Waals surface area contributed by atoms with E-state index in [4.69, 9.17) is 4.98 Å². The van der Waals surface area contributed by atoms with Crippen molar-refractivity contribution in [3.8, 4) is 0 Å². The number of fused-ring (bicyclic) bond motifs is 1. The van der Waals surface area contributed by atoms with E-state index < -0.39 is 0 Å². The fourth-order valence-electron chi connectivity index (χ4n) is 5.12. The highest BCUT2D eigenvalue weighted by molar-refractivity contribution is 5.76. The molecule has 1 aromatic carbocycles. The molecule has 6 nitrogen and oxygen atoms in total. The van der Waals surface area contributed by atoms with Crippen molar-refractivity contribution in [1.29, 1.82) is 0 Å². The van der Waals surface area contributed by atoms with Gasteiger partial charge in [0.25, 0.3) is 5.56 Å². The van der Waals surface area contributed by atoms with E-state index >= 15 is 0 Å². The fourth-order valence-corrected chi connectivity index (χ4v) is 5.12. The van der Waals surface area contributed by atoms with Gasteiger partial charge in [-0.3, -0.25) is 9.36 Å². The zero-order valence-electron chi connectivity index (χ0n) is 18.3. The number of nitrogens with one attached hydrogen (secondary N) is 1. The third kappa shape index (κ3) is 4.29. The zero-order valence-corrected chi connectivity index (χ0v) is 18.3. The highest BCUT2D eigenvalue weighted by Crippen LogP contribution is 2.33. The number of pyridine rings is 1. The summed E-state index contributed by atoms with van der Waals surface area (Å²) >= 11 is 0. The lowest BCUT2D eigenvalue weighted by atomic mass is 9.87. The SMILES string of the molecule is CC1CCCC(n2c(=O)ccc3cnc(Nc4ccc(N5CCCCC5)cc4)nc32)C1. The van der Waals surface area contributed by atoms with Crippen molar-refractivity contribution in [2.45, 2.75) is 57.9 Å². The van der Waals surface area contributed by atoms with Crippen LogP contribution in [0.25, 0.3) is 11.0 Å². The van der Waals surface area contributed by atoms with Gasteiger partial charge in [-0.2, -0.15) is 4.98 Å². The monoisotopic (exact) mass is 417 g/mol. The van der Waals surface area contributed by atoms with Gasteiger partial charge in [-0.1, -0.05) is 19.8 Å². The molecule has 1 N–H and O–H groups in total. The summed E-state index contributed by atoms with van der Waals surface area (Å²) in [6, 6.07) is 12.2. The Hall–Kier alpha value is -2.89. The summed E-state index contributed by atoms with van der Waals surface area (Å²) in [4.78, 5) is 24.5. The maximum atomic E-state index is 12.8. The summed E-state index contributed by atoms with van der Waals surface area (Å²) in [5, 5.41) is 4.23. The first-order valence-electron chi connectivity index (χ1n) is 11.7. The molecule has 0 spiro atoms. The molecule has 1 aliphatic heterocycles. The molecule has 2 aromatic heterocycles. The molecule has 3 heterocycles. The minimum Gasteiger partial charge on any atom is -0.372 e. The van der Waals surface area contributed by atoms with Gasteiger partial charge in [-0.25, -0.2) is 4.98 Å². The Labute approximate surface area is 183 Å². The number of aromatic nitrogens is 3. The van der Waals surface area contributed by atoms with Gasteiger partial charge in [0.05, 0.1) is 0 Å². The van der Waals surface area contributed by atoms with E-state index in [0.29, 0.717) is 11.9 Å². The van der Waals surface area contributed by atoms with Gasteiger partial charge in [0, 0.05) is 48.2 Å². The van der Waals surface area contributed by atoms with E-state index in [1.807, 2.05) is 16.8 Å². The van der Waals surface area contributed by atoms with Crippen LogP contribution in [0.5, 0.6) is 0 Å². The predicted molar refractivity (Wildman–Crippen MR) is 126 cm³/mol. The third-order valence-electron chi connectivity index (χ3n) is 6.79. The van der Waals surface area contributed by atoms with Gasteiger partial charge in [0.15, 0.2) is 0 Å². The Morgan fingerprint density at radius 3 is 2.55 bits per heavy atom. The second kappa shape index (κ2) is 8.69. The fraction of sp³-hybridized carbons (Fsp3) is 0.480. The van der Waals surface area contributed by atoms with Crippen LogP contribution in [-0.4, -0.2) is 27.6 Å². The van der Waals surface area contributed by atoms with Gasteiger partial charge >= 0.3 is 0 Å². The van der Waals surface area contributed by atoms with Crippen molar-refractivity contribution >= 4 is 28.4 Å². The van der Waals surface area contributed by atoms with Gasteiger partial charge < -0.3 is 10.2 Å². The highest BCUT2D eigenvalue weighted by Gasteiger charge is 2.23. The Kier molecular flexibility index (Phi) is 5.62. The van der Waals surface area contributed by atoms with Crippen molar-refractivity contribution < 1.29 is 0 Å². The maximum absolute atomic E-state index is 12.8. The van der Waals surface area contributed by atoms with Crippen LogP contribution in [0.15, 0.2) is 47.4 Å². The van der Waals surface area contributed by atoms with Crippen LogP contribution in [0.3, 0.4) is 0 Å². The lowest BCUT2D eigenvalue weighted by Crippen LogP contribution is -2.29. The first kappa shape index (κ1) is 20.0. The van der Waals surface area contributed by atoms with E-state index in [9.17, 15) is 4.79 Å². The Bertz CT molecular complexity index is 1100. The molecule has 1 aliphatic carbocycles. The number of benzene rings is 1. The molecule has 0 amide bonds. The molecule has 2 unspecified atom stereocenters. The average Bonchev–Trinajstić information content (AvgIpc) is 2.80. The van der Waals surface area contributed by atoms with Crippen molar-refractivity contribution in [3.05, 3.63) is 52.9 Å². The normalized spacial score (nSPS) is 21.9. The van der Waals surface area contributed by atoms with Crippen LogP contribution in [0.1, 0.15) is 57.9 Å². The Morgan fingerprint density at radius 1 is 0.968 bits per heavy atom. The van der Waals surface area contributed by atoms with Gasteiger partial charge in [-0.05, 0) is 68.4 Å². The van der Waals surface area contributed by atoms with E-state index in [1.54, 1.807) is 6.07 Å². The summed E-state index contributed by atoms with van der Waals surface area (Å²) in [6.07, 6.45) is 10.2. The summed E-state index contributed by atoms with van der Waals surface area (Å²) in [5.74, 6) is 1.17. The number of piperidine rings is 1. The first-order chi connectivity index (χ1) is 15.2. The quantitative estimate of drug-likeness (QED) is 0.626. The largest absolute Gasteiger partial charge is 0.372 e. The van der Waals surface area contributed by atoms with Crippen molar-refractivity contribution in [1.82, 2.24) is 14.5 Å². The van der Waals surface area contributed by atoms with Crippen LogP contribution in [0, 0.1) is 5.92 Å². The minimum absolute atomic E-state index is 0.0298. The first-order valence-corrected chi connectivity index (χ1v) is 11.7. The molecule has 3 aromatic rings. The summed E-state index contributed by atoms with van der Waals surface area (Å²) in [6.45, 7) is 4.55. The molecule has 1 saturated carbocycles. The van der Waals surface area contributed by atoms with Crippen LogP contribution in [0.2, 0.25) is 0 Å². The standard InChI is InChI=1S/C25H31N5O/c1-18-6-5-7-22(16-18)30-23(31)13-8-19-17-26-25(28-24(19)30)27-20-9-11-21(12-10-20)29-14-3-2-4-15-29/h8-13,17-18,22H,2-7,14-16H2,1H3,(H,26,27,28). The lowest BCUT2D eigenvalue weighted by molar-refractivity contribution is 0.282. The molecule has 5 rings (SSSR count). The van der Waals surface area contributed by atoms with Crippen LogP contribution >= 0.6 is 0 Å².